The number of sulfonamides is 1. The third-order valence-electron chi connectivity index (χ3n) is 4.75. The smallest absolute Gasteiger partial charge is 0.326 e. The summed E-state index contributed by atoms with van der Waals surface area (Å²) in [6.07, 6.45) is -3.77. The average Bonchev–Trinajstić information content (AvgIpc) is 2.69. The SMILES string of the molecule is O=C(Nc1ccc(Cl)c(C(F)(F)F)c1)[C@H]1CCCN(S(=O)(=O)c2ccc(Br)cc2)C1. The predicted molar refractivity (Wildman–Crippen MR) is 111 cm³/mol. The molecule has 1 aliphatic rings. The minimum absolute atomic E-state index is 0.0513. The molecule has 3 rings (SSSR count). The van der Waals surface area contributed by atoms with E-state index < -0.39 is 38.6 Å². The van der Waals surface area contributed by atoms with Crippen molar-refractivity contribution in [1.82, 2.24) is 4.31 Å². The van der Waals surface area contributed by atoms with Crippen LogP contribution in [0.25, 0.3) is 0 Å². The number of anilines is 1. The number of benzene rings is 2. The normalized spacial score (nSPS) is 18.2. The highest BCUT2D eigenvalue weighted by Crippen LogP contribution is 2.36. The molecule has 30 heavy (non-hydrogen) atoms. The molecule has 1 amide bonds. The number of carbonyl (C=O) groups is 1. The van der Waals surface area contributed by atoms with Gasteiger partial charge in [-0.25, -0.2) is 8.42 Å². The second-order valence-corrected chi connectivity index (χ2v) is 10.1. The standard InChI is InChI=1S/C19H17BrClF3N2O3S/c20-13-3-6-15(7-4-13)30(28,29)26-9-1-2-12(11-26)18(27)25-14-5-8-17(21)16(10-14)19(22,23)24/h3-8,10,12H,1-2,9,11H2,(H,25,27)/t12-/m0/s1. The van der Waals surface area contributed by atoms with E-state index in [1.807, 2.05) is 0 Å². The largest absolute Gasteiger partial charge is 0.417 e. The highest BCUT2D eigenvalue weighted by molar-refractivity contribution is 9.10. The number of hydrogen-bond donors (Lipinski definition) is 1. The van der Waals surface area contributed by atoms with Gasteiger partial charge in [-0.15, -0.1) is 0 Å². The number of hydrogen-bond acceptors (Lipinski definition) is 3. The summed E-state index contributed by atoms with van der Waals surface area (Å²) in [5, 5.41) is 1.98. The van der Waals surface area contributed by atoms with E-state index in [0.717, 1.165) is 16.6 Å². The third kappa shape index (κ3) is 5.16. The molecule has 1 N–H and O–H groups in total. The van der Waals surface area contributed by atoms with Gasteiger partial charge in [-0.05, 0) is 55.3 Å². The Morgan fingerprint density at radius 1 is 1.17 bits per heavy atom. The van der Waals surface area contributed by atoms with Gasteiger partial charge in [-0.3, -0.25) is 4.79 Å². The summed E-state index contributed by atoms with van der Waals surface area (Å²) in [4.78, 5) is 12.7. The number of nitrogens with one attached hydrogen (secondary N) is 1. The molecule has 1 saturated heterocycles. The van der Waals surface area contributed by atoms with Crippen LogP contribution in [0.1, 0.15) is 18.4 Å². The van der Waals surface area contributed by atoms with Gasteiger partial charge in [0.05, 0.1) is 21.4 Å². The van der Waals surface area contributed by atoms with Gasteiger partial charge in [-0.1, -0.05) is 27.5 Å². The van der Waals surface area contributed by atoms with Crippen LogP contribution in [0.4, 0.5) is 18.9 Å². The first-order valence-corrected chi connectivity index (χ1v) is 11.5. The summed E-state index contributed by atoms with van der Waals surface area (Å²) in [6.45, 7) is 0.214. The van der Waals surface area contributed by atoms with Crippen LogP contribution in [0.3, 0.4) is 0 Å². The lowest BCUT2D eigenvalue weighted by Crippen LogP contribution is -2.43. The van der Waals surface area contributed by atoms with Crippen molar-refractivity contribution in [2.24, 2.45) is 5.92 Å². The zero-order chi connectivity index (χ0) is 22.1. The molecule has 0 bridgehead atoms. The van der Waals surface area contributed by atoms with Crippen molar-refractivity contribution in [2.75, 3.05) is 18.4 Å². The molecule has 162 valence electrons. The van der Waals surface area contributed by atoms with Crippen LogP contribution in [0, 0.1) is 5.92 Å². The molecule has 0 saturated carbocycles. The summed E-state index contributed by atoms with van der Waals surface area (Å²) < 4.78 is 66.7. The Morgan fingerprint density at radius 3 is 2.47 bits per heavy atom. The molecule has 5 nitrogen and oxygen atoms in total. The van der Waals surface area contributed by atoms with Crippen LogP contribution in [0.5, 0.6) is 0 Å². The zero-order valence-electron chi connectivity index (χ0n) is 15.4. The number of rotatable bonds is 4. The summed E-state index contributed by atoms with van der Waals surface area (Å²) >= 11 is 8.84. The number of nitrogens with zero attached hydrogens (tertiary/aromatic N) is 1. The van der Waals surface area contributed by atoms with E-state index in [1.165, 1.54) is 22.5 Å². The zero-order valence-corrected chi connectivity index (χ0v) is 18.6. The maximum atomic E-state index is 13.0. The summed E-state index contributed by atoms with van der Waals surface area (Å²) in [7, 11) is -3.78. The fourth-order valence-electron chi connectivity index (χ4n) is 3.19. The van der Waals surface area contributed by atoms with Gasteiger partial charge in [0.15, 0.2) is 0 Å². The Kier molecular flexibility index (Phi) is 6.81. The first-order chi connectivity index (χ1) is 14.0. The molecule has 11 heteroatoms. The van der Waals surface area contributed by atoms with Gasteiger partial charge in [0.25, 0.3) is 0 Å². The van der Waals surface area contributed by atoms with E-state index in [0.29, 0.717) is 12.8 Å². The third-order valence-corrected chi connectivity index (χ3v) is 7.48. The van der Waals surface area contributed by atoms with Gasteiger partial charge in [0.1, 0.15) is 0 Å². The van der Waals surface area contributed by atoms with Gasteiger partial charge >= 0.3 is 6.18 Å². The predicted octanol–water partition coefficient (Wildman–Crippen LogP) is 5.16. The molecular formula is C19H17BrClF3N2O3S. The Balaban J connectivity index is 1.74. The van der Waals surface area contributed by atoms with Crippen molar-refractivity contribution >= 4 is 49.1 Å². The monoisotopic (exact) mass is 524 g/mol. The second kappa shape index (κ2) is 8.86. The van der Waals surface area contributed by atoms with Crippen molar-refractivity contribution in [1.29, 1.82) is 0 Å². The van der Waals surface area contributed by atoms with E-state index in [-0.39, 0.29) is 23.7 Å². The summed E-state index contributed by atoms with van der Waals surface area (Å²) in [5.41, 5.74) is -1.10. The molecular weight excluding hydrogens is 509 g/mol. The minimum atomic E-state index is -4.65. The molecule has 0 aliphatic carbocycles. The number of alkyl halides is 3. The highest BCUT2D eigenvalue weighted by atomic mass is 79.9. The van der Waals surface area contributed by atoms with Gasteiger partial charge in [0.2, 0.25) is 15.9 Å². The molecule has 0 unspecified atom stereocenters. The second-order valence-electron chi connectivity index (χ2n) is 6.84. The first-order valence-electron chi connectivity index (χ1n) is 8.92. The minimum Gasteiger partial charge on any atom is -0.326 e. The number of halogens is 5. The maximum Gasteiger partial charge on any atom is 0.417 e. The lowest BCUT2D eigenvalue weighted by molar-refractivity contribution is -0.137. The Hall–Kier alpha value is -1.62. The molecule has 2 aromatic carbocycles. The van der Waals surface area contributed by atoms with Crippen molar-refractivity contribution in [3.8, 4) is 0 Å². The fourth-order valence-corrected chi connectivity index (χ4v) is 5.21. The molecule has 0 aromatic heterocycles. The van der Waals surface area contributed by atoms with E-state index >= 15 is 0 Å². The quantitative estimate of drug-likeness (QED) is 0.600. The lowest BCUT2D eigenvalue weighted by atomic mass is 9.98. The Morgan fingerprint density at radius 2 is 1.83 bits per heavy atom. The number of piperidine rings is 1. The summed E-state index contributed by atoms with van der Waals surface area (Å²) in [5.74, 6) is -1.23. The molecule has 0 spiro atoms. The Labute approximate surface area is 185 Å². The van der Waals surface area contributed by atoms with Crippen LogP contribution in [0.15, 0.2) is 51.8 Å². The van der Waals surface area contributed by atoms with Crippen molar-refractivity contribution in [3.05, 3.63) is 57.5 Å². The van der Waals surface area contributed by atoms with E-state index in [1.54, 1.807) is 12.1 Å². The Bertz CT molecular complexity index is 1050. The fraction of sp³-hybridized carbons (Fsp3) is 0.316. The van der Waals surface area contributed by atoms with E-state index in [4.69, 9.17) is 11.6 Å². The number of amides is 1. The molecule has 2 aromatic rings. The van der Waals surface area contributed by atoms with Crippen LogP contribution in [-0.2, 0) is 21.0 Å². The van der Waals surface area contributed by atoms with Gasteiger partial charge in [-0.2, -0.15) is 17.5 Å². The van der Waals surface area contributed by atoms with Crippen molar-refractivity contribution in [2.45, 2.75) is 23.9 Å². The average molecular weight is 526 g/mol. The molecule has 1 heterocycles. The van der Waals surface area contributed by atoms with Crippen molar-refractivity contribution in [3.63, 3.8) is 0 Å². The van der Waals surface area contributed by atoms with E-state index in [9.17, 15) is 26.4 Å². The molecule has 1 fully saturated rings. The van der Waals surface area contributed by atoms with Gasteiger partial charge < -0.3 is 5.32 Å². The highest BCUT2D eigenvalue weighted by Gasteiger charge is 2.35. The van der Waals surface area contributed by atoms with Crippen LogP contribution < -0.4 is 5.32 Å². The van der Waals surface area contributed by atoms with Gasteiger partial charge in [0, 0.05) is 23.2 Å². The summed E-state index contributed by atoms with van der Waals surface area (Å²) in [6, 6.07) is 9.25. The van der Waals surface area contributed by atoms with Crippen LogP contribution in [0.2, 0.25) is 5.02 Å². The molecule has 1 aliphatic heterocycles. The first kappa shape index (κ1) is 23.1. The van der Waals surface area contributed by atoms with E-state index in [2.05, 4.69) is 21.2 Å². The van der Waals surface area contributed by atoms with Crippen molar-refractivity contribution < 1.29 is 26.4 Å². The maximum absolute atomic E-state index is 13.0. The molecule has 1 atom stereocenters. The lowest BCUT2D eigenvalue weighted by Gasteiger charge is -2.31. The van der Waals surface area contributed by atoms with Crippen LogP contribution in [-0.4, -0.2) is 31.7 Å². The molecule has 0 radical (unpaired) electrons. The number of carbonyl (C=O) groups excluding carboxylic acids is 1. The van der Waals surface area contributed by atoms with Crippen LogP contribution >= 0.6 is 27.5 Å². The topological polar surface area (TPSA) is 66.5 Å².